The fourth-order valence-corrected chi connectivity index (χ4v) is 2.59. The Labute approximate surface area is 81.1 Å². The minimum atomic E-state index is -0.118. The van der Waals surface area contributed by atoms with E-state index in [1.807, 2.05) is 12.3 Å². The molecule has 0 aliphatic rings. The van der Waals surface area contributed by atoms with E-state index in [1.165, 1.54) is 0 Å². The van der Waals surface area contributed by atoms with Crippen molar-refractivity contribution in [2.75, 3.05) is 6.54 Å². The first-order chi connectivity index (χ1) is 5.83. The van der Waals surface area contributed by atoms with Gasteiger partial charge in [0, 0.05) is 0 Å². The van der Waals surface area contributed by atoms with E-state index < -0.39 is 0 Å². The molecule has 66 valence electrons. The number of carbonyl (C=O) groups is 1. The number of urea groups is 1. The number of carbonyl (C=O) groups excluding carboxylic acids is 1. The Bertz CT molecular complexity index is 239. The van der Waals surface area contributed by atoms with Gasteiger partial charge < -0.3 is 0 Å². The Morgan fingerprint density at radius 2 is 2.67 bits per heavy atom. The van der Waals surface area contributed by atoms with Gasteiger partial charge in [0.05, 0.1) is 0 Å². The van der Waals surface area contributed by atoms with E-state index >= 15 is 0 Å². The molecule has 0 saturated carbocycles. The molecule has 1 rings (SSSR count). The van der Waals surface area contributed by atoms with Crippen LogP contribution in [0.3, 0.4) is 0 Å². The van der Waals surface area contributed by atoms with Gasteiger partial charge in [-0.1, -0.05) is 0 Å². The van der Waals surface area contributed by atoms with Crippen LogP contribution >= 0.6 is 11.3 Å². The summed E-state index contributed by atoms with van der Waals surface area (Å²) in [5.74, 6) is 0. The Kier molecular flexibility index (Phi) is 4.07. The van der Waals surface area contributed by atoms with Crippen molar-refractivity contribution in [3.05, 3.63) is 11.6 Å². The topological polar surface area (TPSA) is 54.0 Å². The molecular weight excluding hydrogens is 241 g/mol. The molecule has 12 heavy (non-hydrogen) atoms. The van der Waals surface area contributed by atoms with Crippen LogP contribution in [0.1, 0.15) is 6.92 Å². The third-order valence-corrected chi connectivity index (χ3v) is 3.77. The van der Waals surface area contributed by atoms with Crippen LogP contribution in [0.4, 0.5) is 4.79 Å². The molecule has 4 nitrogen and oxygen atoms in total. The monoisotopic (exact) mass is 251 g/mol. The summed E-state index contributed by atoms with van der Waals surface area (Å²) < 4.78 is 3.73. The van der Waals surface area contributed by atoms with Crippen molar-refractivity contribution in [1.82, 2.24) is 14.6 Å². The summed E-state index contributed by atoms with van der Waals surface area (Å²) in [5.41, 5.74) is 0. The molecule has 0 radical (unpaired) electrons. The van der Waals surface area contributed by atoms with Crippen LogP contribution in [0.2, 0.25) is 0 Å². The predicted molar refractivity (Wildman–Crippen MR) is 49.7 cm³/mol. The molecule has 0 aliphatic carbocycles. The van der Waals surface area contributed by atoms with Crippen LogP contribution in [-0.2, 0) is 0 Å². The summed E-state index contributed by atoms with van der Waals surface area (Å²) in [5, 5.41) is 4.55. The molecule has 0 fully saturated rings. The van der Waals surface area contributed by atoms with Crippen molar-refractivity contribution in [3.8, 4) is 0 Å². The van der Waals surface area contributed by atoms with Gasteiger partial charge in [-0.15, -0.1) is 0 Å². The normalized spacial score (nSPS) is 9.42. The molecular formula is C6H9N3OSSe. The quantitative estimate of drug-likeness (QED) is 0.724. The number of nitrogens with one attached hydrogen (secondary N) is 2. The van der Waals surface area contributed by atoms with Gasteiger partial charge in [-0.2, -0.15) is 0 Å². The van der Waals surface area contributed by atoms with Crippen LogP contribution in [-0.4, -0.2) is 32.7 Å². The van der Waals surface area contributed by atoms with Gasteiger partial charge in [-0.3, -0.25) is 0 Å². The first-order valence-electron chi connectivity index (χ1n) is 3.43. The van der Waals surface area contributed by atoms with Crippen LogP contribution < -0.4 is 13.6 Å². The Morgan fingerprint density at radius 3 is 3.25 bits per heavy atom. The van der Waals surface area contributed by atoms with Crippen molar-refractivity contribution in [2.45, 2.75) is 6.92 Å². The second-order valence-corrected chi connectivity index (χ2v) is 5.01. The van der Waals surface area contributed by atoms with Crippen LogP contribution in [0.5, 0.6) is 0 Å². The number of rotatable bonds is 3. The molecule has 2 amide bonds. The first kappa shape index (κ1) is 9.51. The zero-order chi connectivity index (χ0) is 8.81. The summed E-state index contributed by atoms with van der Waals surface area (Å²) in [6, 6.07) is -0.118. The van der Waals surface area contributed by atoms with Gasteiger partial charge in [-0.25, -0.2) is 0 Å². The summed E-state index contributed by atoms with van der Waals surface area (Å²) in [4.78, 5) is 15.0. The molecule has 0 saturated heterocycles. The molecule has 1 heterocycles. The first-order valence-corrected chi connectivity index (χ1v) is 6.02. The van der Waals surface area contributed by atoms with Gasteiger partial charge in [0.1, 0.15) is 0 Å². The number of hydrogen-bond donors (Lipinski definition) is 2. The third kappa shape index (κ3) is 3.21. The van der Waals surface area contributed by atoms with E-state index in [0.717, 1.165) is 3.91 Å². The van der Waals surface area contributed by atoms with E-state index in [4.69, 9.17) is 0 Å². The van der Waals surface area contributed by atoms with Gasteiger partial charge in [0.2, 0.25) is 0 Å². The van der Waals surface area contributed by atoms with E-state index in [0.29, 0.717) is 6.54 Å². The SMILES string of the molecule is CCNC(=O)N[Se]c1nccs1. The molecule has 0 unspecified atom stereocenters. The zero-order valence-electron chi connectivity index (χ0n) is 6.53. The molecule has 0 bridgehead atoms. The Balaban J connectivity index is 2.22. The minimum absolute atomic E-state index is 0.0343. The molecule has 6 heteroatoms. The van der Waals surface area contributed by atoms with Crippen LogP contribution in [0.25, 0.3) is 0 Å². The fraction of sp³-hybridized carbons (Fsp3) is 0.333. The average Bonchev–Trinajstić information content (AvgIpc) is 2.53. The summed E-state index contributed by atoms with van der Waals surface area (Å²) in [6.07, 6.45) is 1.74. The maximum atomic E-state index is 10.9. The summed E-state index contributed by atoms with van der Waals surface area (Å²) >= 11 is 1.52. The fourth-order valence-electron chi connectivity index (χ4n) is 0.547. The van der Waals surface area contributed by atoms with Crippen molar-refractivity contribution in [1.29, 1.82) is 0 Å². The summed E-state index contributed by atoms with van der Waals surface area (Å²) in [7, 11) is 0. The Hall–Kier alpha value is -0.581. The van der Waals surface area contributed by atoms with Gasteiger partial charge in [0.15, 0.2) is 0 Å². The number of hydrogen-bond acceptors (Lipinski definition) is 3. The third-order valence-electron chi connectivity index (χ3n) is 0.978. The van der Waals surface area contributed by atoms with Crippen molar-refractivity contribution >= 4 is 36.4 Å². The van der Waals surface area contributed by atoms with Gasteiger partial charge >= 0.3 is 80.9 Å². The number of nitrogens with zero attached hydrogens (tertiary/aromatic N) is 1. The van der Waals surface area contributed by atoms with Gasteiger partial charge in [-0.05, 0) is 0 Å². The van der Waals surface area contributed by atoms with Crippen molar-refractivity contribution in [2.24, 2.45) is 0 Å². The van der Waals surface area contributed by atoms with Gasteiger partial charge in [0.25, 0.3) is 0 Å². The molecule has 0 spiro atoms. The average molecular weight is 250 g/mol. The van der Waals surface area contributed by atoms with E-state index in [-0.39, 0.29) is 21.2 Å². The van der Waals surface area contributed by atoms with E-state index in [1.54, 1.807) is 17.5 Å². The molecule has 1 aromatic heterocycles. The second kappa shape index (κ2) is 5.13. The van der Waals surface area contributed by atoms with Crippen molar-refractivity contribution < 1.29 is 4.79 Å². The van der Waals surface area contributed by atoms with E-state index in [2.05, 4.69) is 14.6 Å². The van der Waals surface area contributed by atoms with Crippen molar-refractivity contribution in [3.63, 3.8) is 0 Å². The molecule has 0 aliphatic heterocycles. The van der Waals surface area contributed by atoms with Crippen LogP contribution in [0.15, 0.2) is 11.6 Å². The molecule has 2 N–H and O–H groups in total. The Morgan fingerprint density at radius 1 is 1.83 bits per heavy atom. The maximum absolute atomic E-state index is 10.9. The zero-order valence-corrected chi connectivity index (χ0v) is 9.06. The van der Waals surface area contributed by atoms with Crippen LogP contribution in [0, 0.1) is 0 Å². The molecule has 0 atom stereocenters. The standard InChI is InChI=1S/C6H9N3OSSe/c1-2-7-5(10)9-12-6-8-3-4-11-6/h3-4H,2H2,1H3,(H2,7,9,10). The molecule has 1 aromatic rings. The number of thiazole rings is 1. The number of amides is 2. The predicted octanol–water partition coefficient (Wildman–Crippen LogP) is -0.293. The molecule has 0 aromatic carbocycles. The summed E-state index contributed by atoms with van der Waals surface area (Å²) in [6.45, 7) is 2.54. The number of aromatic nitrogens is 1. The second-order valence-electron chi connectivity index (χ2n) is 1.86. The van der Waals surface area contributed by atoms with E-state index in [9.17, 15) is 4.79 Å².